The Balaban J connectivity index is 1.20. The van der Waals surface area contributed by atoms with E-state index in [2.05, 4.69) is 32.6 Å². The van der Waals surface area contributed by atoms with Crippen molar-refractivity contribution in [2.45, 2.75) is 18.8 Å². The molecule has 1 atom stereocenters. The van der Waals surface area contributed by atoms with Gasteiger partial charge < -0.3 is 14.7 Å². The van der Waals surface area contributed by atoms with E-state index in [-0.39, 0.29) is 30.8 Å². The molecule has 1 aliphatic heterocycles. The van der Waals surface area contributed by atoms with E-state index in [0.29, 0.717) is 19.4 Å². The molecule has 0 bridgehead atoms. The number of carbonyl (C=O) groups is 3. The van der Waals surface area contributed by atoms with Gasteiger partial charge in [-0.1, -0.05) is 48.5 Å². The average Bonchev–Trinajstić information content (AvgIpc) is 3.45. The number of carboxylic acid groups (broad SMARTS) is 1. The smallest absolute Gasteiger partial charge is 0.414 e. The Labute approximate surface area is 195 Å². The van der Waals surface area contributed by atoms with Crippen LogP contribution in [0.4, 0.5) is 10.7 Å². The van der Waals surface area contributed by atoms with Crippen LogP contribution in [0.2, 0.25) is 0 Å². The SMILES string of the molecule is O=C(Nc1n[nH]c(C(=O)N2CCC[C@@H](C(=O)O)C2)n1)OCC1c2ccccc2-c2ccccc21. The third-order valence-electron chi connectivity index (χ3n) is 6.30. The predicted molar refractivity (Wildman–Crippen MR) is 121 cm³/mol. The van der Waals surface area contributed by atoms with Gasteiger partial charge in [0.2, 0.25) is 5.82 Å². The maximum Gasteiger partial charge on any atom is 0.414 e. The number of carbonyl (C=O) groups excluding carboxylic acids is 2. The highest BCUT2D eigenvalue weighted by Crippen LogP contribution is 2.44. The maximum absolute atomic E-state index is 12.7. The van der Waals surface area contributed by atoms with Gasteiger partial charge in [0.25, 0.3) is 11.9 Å². The molecule has 0 unspecified atom stereocenters. The van der Waals surface area contributed by atoms with Crippen LogP contribution in [-0.2, 0) is 9.53 Å². The summed E-state index contributed by atoms with van der Waals surface area (Å²) in [5, 5.41) is 18.0. The lowest BCUT2D eigenvalue weighted by Crippen LogP contribution is -2.42. The monoisotopic (exact) mass is 461 g/mol. The van der Waals surface area contributed by atoms with Gasteiger partial charge in [-0.15, -0.1) is 5.10 Å². The summed E-state index contributed by atoms with van der Waals surface area (Å²) in [4.78, 5) is 41.8. The van der Waals surface area contributed by atoms with Crippen LogP contribution >= 0.6 is 0 Å². The standard InChI is InChI=1S/C24H23N5O5/c30-21(29-11-5-6-14(12-29)22(31)32)20-25-23(28-27-20)26-24(33)34-13-19-17-9-3-1-7-15(17)16-8-2-4-10-18(16)19/h1-4,7-10,14,19H,5-6,11-13H2,(H,31,32)(H2,25,26,27,28,33)/t14-/m1/s1. The van der Waals surface area contributed by atoms with E-state index in [0.717, 1.165) is 22.3 Å². The number of aliphatic carboxylic acids is 1. The van der Waals surface area contributed by atoms with E-state index in [1.165, 1.54) is 4.90 Å². The zero-order valence-electron chi connectivity index (χ0n) is 18.2. The Morgan fingerprint density at radius 1 is 1.09 bits per heavy atom. The molecule has 34 heavy (non-hydrogen) atoms. The van der Waals surface area contributed by atoms with Gasteiger partial charge in [-0.3, -0.25) is 20.0 Å². The first kappa shape index (κ1) is 21.6. The minimum Gasteiger partial charge on any atom is -0.481 e. The van der Waals surface area contributed by atoms with E-state index >= 15 is 0 Å². The molecule has 5 rings (SSSR count). The Morgan fingerprint density at radius 3 is 2.44 bits per heavy atom. The number of benzene rings is 2. The number of anilines is 1. The van der Waals surface area contributed by atoms with Crippen molar-refractivity contribution in [2.24, 2.45) is 5.92 Å². The molecular formula is C24H23N5O5. The summed E-state index contributed by atoms with van der Waals surface area (Å²) in [5.41, 5.74) is 4.46. The molecule has 1 aliphatic carbocycles. The number of nitrogens with one attached hydrogen (secondary N) is 2. The number of piperidine rings is 1. The lowest BCUT2D eigenvalue weighted by atomic mass is 9.98. The van der Waals surface area contributed by atoms with Crippen molar-refractivity contribution in [3.05, 3.63) is 65.5 Å². The molecule has 2 heterocycles. The molecule has 3 aromatic rings. The molecule has 2 aliphatic rings. The Kier molecular flexibility index (Phi) is 5.70. The number of H-pyrrole nitrogens is 1. The molecular weight excluding hydrogens is 438 g/mol. The van der Waals surface area contributed by atoms with Gasteiger partial charge in [0.05, 0.1) is 5.92 Å². The van der Waals surface area contributed by atoms with Crippen LogP contribution in [0.15, 0.2) is 48.5 Å². The number of nitrogens with zero attached hydrogens (tertiary/aromatic N) is 3. The zero-order chi connectivity index (χ0) is 23.7. The second-order valence-electron chi connectivity index (χ2n) is 8.39. The number of rotatable bonds is 5. The van der Waals surface area contributed by atoms with Crippen LogP contribution in [-0.4, -0.2) is 62.9 Å². The number of aromatic nitrogens is 3. The van der Waals surface area contributed by atoms with Crippen LogP contribution in [0.1, 0.15) is 40.5 Å². The molecule has 2 aromatic carbocycles. The van der Waals surface area contributed by atoms with Gasteiger partial charge in [0.15, 0.2) is 0 Å². The minimum atomic E-state index is -0.923. The molecule has 0 spiro atoms. The van der Waals surface area contributed by atoms with Crippen molar-refractivity contribution in [3.8, 4) is 11.1 Å². The molecule has 0 saturated carbocycles. The van der Waals surface area contributed by atoms with Gasteiger partial charge in [-0.2, -0.15) is 4.98 Å². The van der Waals surface area contributed by atoms with Gasteiger partial charge in [-0.25, -0.2) is 4.79 Å². The van der Waals surface area contributed by atoms with Crippen LogP contribution in [0, 0.1) is 5.92 Å². The van der Waals surface area contributed by atoms with Crippen LogP contribution in [0.5, 0.6) is 0 Å². The number of amides is 2. The summed E-state index contributed by atoms with van der Waals surface area (Å²) in [6.45, 7) is 0.697. The van der Waals surface area contributed by atoms with E-state index in [1.807, 2.05) is 36.4 Å². The van der Waals surface area contributed by atoms with Crippen LogP contribution in [0.25, 0.3) is 11.1 Å². The number of aromatic amines is 1. The molecule has 1 saturated heterocycles. The quantitative estimate of drug-likeness (QED) is 0.531. The molecule has 1 fully saturated rings. The normalized spacial score (nSPS) is 17.1. The number of fused-ring (bicyclic) bond motifs is 3. The number of ether oxygens (including phenoxy) is 1. The number of hydrogen-bond donors (Lipinski definition) is 3. The first-order chi connectivity index (χ1) is 16.5. The van der Waals surface area contributed by atoms with E-state index in [1.54, 1.807) is 0 Å². The van der Waals surface area contributed by atoms with Crippen molar-refractivity contribution in [3.63, 3.8) is 0 Å². The van der Waals surface area contributed by atoms with E-state index in [4.69, 9.17) is 4.74 Å². The summed E-state index contributed by atoms with van der Waals surface area (Å²) in [5.74, 6) is -2.22. The second-order valence-corrected chi connectivity index (χ2v) is 8.39. The summed E-state index contributed by atoms with van der Waals surface area (Å²) in [6, 6.07) is 16.1. The lowest BCUT2D eigenvalue weighted by Gasteiger charge is -2.29. The van der Waals surface area contributed by atoms with E-state index in [9.17, 15) is 19.5 Å². The fraction of sp³-hybridized carbons (Fsp3) is 0.292. The van der Waals surface area contributed by atoms with Crippen molar-refractivity contribution in [1.29, 1.82) is 0 Å². The molecule has 174 valence electrons. The zero-order valence-corrected chi connectivity index (χ0v) is 18.2. The van der Waals surface area contributed by atoms with Gasteiger partial charge in [-0.05, 0) is 35.1 Å². The Hall–Kier alpha value is -4.21. The molecule has 0 radical (unpaired) electrons. The van der Waals surface area contributed by atoms with Crippen molar-refractivity contribution >= 4 is 23.9 Å². The largest absolute Gasteiger partial charge is 0.481 e. The second kappa shape index (κ2) is 8.97. The highest BCUT2D eigenvalue weighted by atomic mass is 16.5. The van der Waals surface area contributed by atoms with E-state index < -0.39 is 23.9 Å². The number of hydrogen-bond acceptors (Lipinski definition) is 6. The summed E-state index contributed by atoms with van der Waals surface area (Å²) in [7, 11) is 0. The maximum atomic E-state index is 12.7. The first-order valence-electron chi connectivity index (χ1n) is 11.1. The predicted octanol–water partition coefficient (Wildman–Crippen LogP) is 3.10. The average molecular weight is 461 g/mol. The number of likely N-dealkylation sites (tertiary alicyclic amines) is 1. The van der Waals surface area contributed by atoms with Crippen molar-refractivity contribution in [2.75, 3.05) is 25.0 Å². The van der Waals surface area contributed by atoms with Gasteiger partial charge in [0, 0.05) is 19.0 Å². The third kappa shape index (κ3) is 4.09. The molecule has 10 nitrogen and oxygen atoms in total. The minimum absolute atomic E-state index is 0.0695. The molecule has 2 amide bonds. The first-order valence-corrected chi connectivity index (χ1v) is 11.1. The highest BCUT2D eigenvalue weighted by molar-refractivity contribution is 5.92. The lowest BCUT2D eigenvalue weighted by molar-refractivity contribution is -0.143. The van der Waals surface area contributed by atoms with Crippen LogP contribution < -0.4 is 5.32 Å². The number of carboxylic acids is 1. The molecule has 3 N–H and O–H groups in total. The Bertz CT molecular complexity index is 1210. The highest BCUT2D eigenvalue weighted by Gasteiger charge is 2.31. The van der Waals surface area contributed by atoms with Gasteiger partial charge in [0.1, 0.15) is 6.61 Å². The topological polar surface area (TPSA) is 138 Å². The Morgan fingerprint density at radius 2 is 1.76 bits per heavy atom. The van der Waals surface area contributed by atoms with Gasteiger partial charge >= 0.3 is 12.1 Å². The van der Waals surface area contributed by atoms with Crippen molar-refractivity contribution < 1.29 is 24.2 Å². The third-order valence-corrected chi connectivity index (χ3v) is 6.30. The summed E-state index contributed by atoms with van der Waals surface area (Å²) >= 11 is 0. The fourth-order valence-corrected chi connectivity index (χ4v) is 4.65. The summed E-state index contributed by atoms with van der Waals surface area (Å²) < 4.78 is 5.47. The molecule has 10 heteroatoms. The van der Waals surface area contributed by atoms with Crippen molar-refractivity contribution in [1.82, 2.24) is 20.1 Å². The molecule has 1 aromatic heterocycles. The van der Waals surface area contributed by atoms with Crippen LogP contribution in [0.3, 0.4) is 0 Å². The summed E-state index contributed by atoms with van der Waals surface area (Å²) in [6.07, 6.45) is 0.398. The fourth-order valence-electron chi connectivity index (χ4n) is 4.65.